The molecule has 3 nitrogen and oxygen atoms in total. The van der Waals surface area contributed by atoms with Crippen LogP contribution in [0.4, 0.5) is 0 Å². The Kier molecular flexibility index (Phi) is 7.03. The Bertz CT molecular complexity index is 498. The van der Waals surface area contributed by atoms with Crippen molar-refractivity contribution in [2.45, 2.75) is 13.3 Å². The molecule has 0 amide bonds. The Labute approximate surface area is 158 Å². The Morgan fingerprint density at radius 1 is 1.10 bits per heavy atom. The minimum absolute atomic E-state index is 0.226. The molecule has 21 heavy (non-hydrogen) atoms. The lowest BCUT2D eigenvalue weighted by Crippen LogP contribution is -2.45. The standard InChI is InChI=1S/C14H16Br4O3/c1-2-14(7-20-8-14)6-19-3-4-21-10-5-9(15)11(16)13(18)12(10)17/h5H,2-4,6-8H2,1H3. The van der Waals surface area contributed by atoms with Gasteiger partial charge in [-0.2, -0.15) is 0 Å². The molecule has 1 aromatic carbocycles. The van der Waals surface area contributed by atoms with Gasteiger partial charge in [0, 0.05) is 14.4 Å². The highest BCUT2D eigenvalue weighted by Crippen LogP contribution is 2.42. The van der Waals surface area contributed by atoms with Gasteiger partial charge in [0.25, 0.3) is 0 Å². The minimum Gasteiger partial charge on any atom is -0.490 e. The third-order valence-corrected chi connectivity index (χ3v) is 8.15. The van der Waals surface area contributed by atoms with E-state index in [9.17, 15) is 0 Å². The van der Waals surface area contributed by atoms with E-state index in [1.54, 1.807) is 0 Å². The highest BCUT2D eigenvalue weighted by molar-refractivity contribution is 9.15. The summed E-state index contributed by atoms with van der Waals surface area (Å²) in [6.07, 6.45) is 1.09. The first-order valence-electron chi connectivity index (χ1n) is 6.60. The summed E-state index contributed by atoms with van der Waals surface area (Å²) >= 11 is 14.0. The maximum Gasteiger partial charge on any atom is 0.135 e. The summed E-state index contributed by atoms with van der Waals surface area (Å²) in [6, 6.07) is 1.92. The number of rotatable bonds is 7. The summed E-state index contributed by atoms with van der Waals surface area (Å²) in [7, 11) is 0. The van der Waals surface area contributed by atoms with E-state index >= 15 is 0 Å². The molecule has 1 aliphatic rings. The Hall–Kier alpha value is 0.860. The number of halogens is 4. The smallest absolute Gasteiger partial charge is 0.135 e. The third-order valence-electron chi connectivity index (χ3n) is 3.53. The molecule has 0 aromatic heterocycles. The van der Waals surface area contributed by atoms with Crippen molar-refractivity contribution >= 4 is 63.7 Å². The summed E-state index contributed by atoms with van der Waals surface area (Å²) in [5.41, 5.74) is 0.226. The Morgan fingerprint density at radius 2 is 1.81 bits per heavy atom. The van der Waals surface area contributed by atoms with Crippen molar-refractivity contribution in [1.29, 1.82) is 0 Å². The van der Waals surface area contributed by atoms with Crippen LogP contribution >= 0.6 is 63.7 Å². The summed E-state index contributed by atoms with van der Waals surface area (Å²) in [5, 5.41) is 0. The molecule has 1 heterocycles. The second-order valence-electron chi connectivity index (χ2n) is 5.05. The minimum atomic E-state index is 0.226. The second kappa shape index (κ2) is 8.11. The van der Waals surface area contributed by atoms with Crippen molar-refractivity contribution in [3.63, 3.8) is 0 Å². The number of hydrogen-bond donors (Lipinski definition) is 0. The van der Waals surface area contributed by atoms with Gasteiger partial charge in [0.1, 0.15) is 12.4 Å². The lowest BCUT2D eigenvalue weighted by atomic mass is 9.84. The zero-order chi connectivity index (χ0) is 15.5. The molecule has 1 aromatic rings. The normalized spacial score (nSPS) is 16.6. The van der Waals surface area contributed by atoms with Crippen molar-refractivity contribution < 1.29 is 14.2 Å². The summed E-state index contributed by atoms with van der Waals surface area (Å²) in [5.74, 6) is 0.776. The first kappa shape index (κ1) is 18.2. The van der Waals surface area contributed by atoms with Crippen molar-refractivity contribution in [3.8, 4) is 5.75 Å². The fourth-order valence-corrected chi connectivity index (χ4v) is 4.02. The maximum absolute atomic E-state index is 5.77. The maximum atomic E-state index is 5.77. The van der Waals surface area contributed by atoms with Crippen LogP contribution in [0.3, 0.4) is 0 Å². The van der Waals surface area contributed by atoms with E-state index in [1.165, 1.54) is 0 Å². The molecular weight excluding hydrogens is 536 g/mol. The van der Waals surface area contributed by atoms with Gasteiger partial charge in [-0.05, 0) is 76.2 Å². The predicted molar refractivity (Wildman–Crippen MR) is 97.1 cm³/mol. The van der Waals surface area contributed by atoms with Gasteiger partial charge in [0.15, 0.2) is 0 Å². The predicted octanol–water partition coefficient (Wildman–Crippen LogP) is 5.56. The van der Waals surface area contributed by atoms with Gasteiger partial charge >= 0.3 is 0 Å². The van der Waals surface area contributed by atoms with Crippen LogP contribution in [0.5, 0.6) is 5.75 Å². The Morgan fingerprint density at radius 3 is 2.38 bits per heavy atom. The molecule has 118 valence electrons. The number of hydrogen-bond acceptors (Lipinski definition) is 3. The van der Waals surface area contributed by atoms with Gasteiger partial charge in [0.2, 0.25) is 0 Å². The van der Waals surface area contributed by atoms with Gasteiger partial charge in [-0.25, -0.2) is 0 Å². The summed E-state index contributed by atoms with van der Waals surface area (Å²) in [6.45, 7) is 5.61. The first-order chi connectivity index (χ1) is 9.99. The average molecular weight is 552 g/mol. The molecule has 0 saturated carbocycles. The summed E-state index contributed by atoms with van der Waals surface area (Å²) in [4.78, 5) is 0. The molecule has 1 fully saturated rings. The number of ether oxygens (including phenoxy) is 3. The van der Waals surface area contributed by atoms with Crippen molar-refractivity contribution in [1.82, 2.24) is 0 Å². The lowest BCUT2D eigenvalue weighted by molar-refractivity contribution is -0.151. The summed E-state index contributed by atoms with van der Waals surface area (Å²) < 4.78 is 20.5. The molecule has 0 radical (unpaired) electrons. The molecule has 0 unspecified atom stereocenters. The molecule has 1 aliphatic heterocycles. The van der Waals surface area contributed by atoms with E-state index in [0.29, 0.717) is 13.2 Å². The van der Waals surface area contributed by atoms with Crippen LogP contribution in [0, 0.1) is 5.41 Å². The lowest BCUT2D eigenvalue weighted by Gasteiger charge is -2.40. The van der Waals surface area contributed by atoms with Crippen molar-refractivity contribution in [2.75, 3.05) is 33.0 Å². The van der Waals surface area contributed by atoms with Crippen LogP contribution in [0.25, 0.3) is 0 Å². The molecule has 0 aliphatic carbocycles. The van der Waals surface area contributed by atoms with E-state index < -0.39 is 0 Å². The van der Waals surface area contributed by atoms with E-state index in [1.807, 2.05) is 6.07 Å². The van der Waals surface area contributed by atoms with Crippen LogP contribution in [-0.2, 0) is 9.47 Å². The molecule has 0 spiro atoms. The van der Waals surface area contributed by atoms with Gasteiger partial charge in [-0.3, -0.25) is 0 Å². The highest BCUT2D eigenvalue weighted by Gasteiger charge is 2.36. The second-order valence-corrected chi connectivity index (χ2v) is 8.28. The van der Waals surface area contributed by atoms with E-state index in [2.05, 4.69) is 70.6 Å². The average Bonchev–Trinajstić information content (AvgIpc) is 2.44. The third kappa shape index (κ3) is 4.44. The topological polar surface area (TPSA) is 27.7 Å². The molecule has 0 atom stereocenters. The Balaban J connectivity index is 1.79. The van der Waals surface area contributed by atoms with E-state index in [4.69, 9.17) is 14.2 Å². The fourth-order valence-electron chi connectivity index (χ4n) is 1.94. The molecule has 0 N–H and O–H groups in total. The van der Waals surface area contributed by atoms with Crippen molar-refractivity contribution in [2.24, 2.45) is 5.41 Å². The molecule has 0 bridgehead atoms. The van der Waals surface area contributed by atoms with E-state index in [0.717, 1.165) is 49.9 Å². The molecule has 1 saturated heterocycles. The fraction of sp³-hybridized carbons (Fsp3) is 0.571. The van der Waals surface area contributed by atoms with Gasteiger partial charge < -0.3 is 14.2 Å². The molecule has 7 heteroatoms. The van der Waals surface area contributed by atoms with Crippen LogP contribution < -0.4 is 4.74 Å². The zero-order valence-electron chi connectivity index (χ0n) is 11.6. The SMILES string of the molecule is CCC1(COCCOc2cc(Br)c(Br)c(Br)c2Br)COC1. The largest absolute Gasteiger partial charge is 0.490 e. The quantitative estimate of drug-likeness (QED) is 0.252. The molecule has 2 rings (SSSR count). The van der Waals surface area contributed by atoms with E-state index in [-0.39, 0.29) is 5.41 Å². The van der Waals surface area contributed by atoms with Gasteiger partial charge in [-0.1, -0.05) is 6.92 Å². The number of benzene rings is 1. The van der Waals surface area contributed by atoms with Crippen LogP contribution in [0.2, 0.25) is 0 Å². The van der Waals surface area contributed by atoms with Crippen LogP contribution in [-0.4, -0.2) is 33.0 Å². The van der Waals surface area contributed by atoms with Crippen LogP contribution in [0.1, 0.15) is 13.3 Å². The van der Waals surface area contributed by atoms with Gasteiger partial charge in [-0.15, -0.1) is 0 Å². The van der Waals surface area contributed by atoms with Gasteiger partial charge in [0.05, 0.1) is 35.4 Å². The molecular formula is C14H16Br4O3. The van der Waals surface area contributed by atoms with Crippen LogP contribution in [0.15, 0.2) is 24.0 Å². The van der Waals surface area contributed by atoms with Crippen molar-refractivity contribution in [3.05, 3.63) is 24.0 Å². The highest BCUT2D eigenvalue weighted by atomic mass is 79.9. The first-order valence-corrected chi connectivity index (χ1v) is 9.77. The monoisotopic (exact) mass is 548 g/mol. The zero-order valence-corrected chi connectivity index (χ0v) is 17.9.